The predicted octanol–water partition coefficient (Wildman–Crippen LogP) is 3.63. The van der Waals surface area contributed by atoms with Gasteiger partial charge in [-0.05, 0) is 38.0 Å². The van der Waals surface area contributed by atoms with Gasteiger partial charge < -0.3 is 20.9 Å². The molecule has 3 aliphatic rings. The standard InChI is InChI=1S/C32H33N11O2/c1-18-29-24(14-35-43(29)22-16-42(17-22)15-21-7-4-6-20(13-33)36-21)23-8-5-9-25(30(23)41(18)3)37-26-12-27(38-31(44)19-10-11-19)39-40-28(26)32(45)34-2/h4-9,12,14,18-19,22H,10-11,15-17H2,1-3H3,(H,34,45)(H2,37,38,39,44)/t18-/m0/s1. The Morgan fingerprint density at radius 3 is 2.62 bits per heavy atom. The van der Waals surface area contributed by atoms with Crippen LogP contribution in [-0.4, -0.2) is 68.9 Å². The van der Waals surface area contributed by atoms with E-state index in [-0.39, 0.29) is 35.5 Å². The number of nitriles is 1. The number of hydrogen-bond donors (Lipinski definition) is 3. The third-order valence-corrected chi connectivity index (χ3v) is 8.79. The monoisotopic (exact) mass is 603 g/mol. The van der Waals surface area contributed by atoms with Crippen LogP contribution in [0.15, 0.2) is 48.7 Å². The van der Waals surface area contributed by atoms with Gasteiger partial charge in [-0.25, -0.2) is 4.98 Å². The first kappa shape index (κ1) is 28.4. The Kier molecular flexibility index (Phi) is 7.13. The number of para-hydroxylation sites is 1. The molecule has 1 saturated carbocycles. The lowest BCUT2D eigenvalue weighted by Gasteiger charge is -2.42. The lowest BCUT2D eigenvalue weighted by Crippen LogP contribution is -2.48. The molecule has 0 spiro atoms. The van der Waals surface area contributed by atoms with Crippen molar-refractivity contribution in [2.75, 3.05) is 42.7 Å². The average molecular weight is 604 g/mol. The summed E-state index contributed by atoms with van der Waals surface area (Å²) >= 11 is 0. The number of nitrogens with one attached hydrogen (secondary N) is 3. The molecule has 0 bridgehead atoms. The van der Waals surface area contributed by atoms with Crippen LogP contribution in [0.3, 0.4) is 0 Å². The van der Waals surface area contributed by atoms with Gasteiger partial charge in [0.2, 0.25) is 5.91 Å². The van der Waals surface area contributed by atoms with E-state index < -0.39 is 0 Å². The normalized spacial score (nSPS) is 17.5. The van der Waals surface area contributed by atoms with E-state index in [1.165, 1.54) is 0 Å². The summed E-state index contributed by atoms with van der Waals surface area (Å²) in [6.07, 6.45) is 3.68. The molecule has 2 fully saturated rings. The number of amides is 2. The van der Waals surface area contributed by atoms with Crippen molar-refractivity contribution in [1.82, 2.24) is 35.2 Å². The van der Waals surface area contributed by atoms with Crippen LogP contribution in [0.5, 0.6) is 0 Å². The van der Waals surface area contributed by atoms with E-state index in [4.69, 9.17) is 5.10 Å². The maximum atomic E-state index is 12.7. The molecular weight excluding hydrogens is 570 g/mol. The number of benzene rings is 1. The molecule has 0 radical (unpaired) electrons. The van der Waals surface area contributed by atoms with Gasteiger partial charge in [-0.3, -0.25) is 19.2 Å². The number of carbonyl (C=O) groups is 2. The summed E-state index contributed by atoms with van der Waals surface area (Å²) in [7, 11) is 3.60. The van der Waals surface area contributed by atoms with Crippen molar-refractivity contribution in [3.8, 4) is 17.2 Å². The van der Waals surface area contributed by atoms with E-state index in [9.17, 15) is 14.9 Å². The lowest BCUT2D eigenvalue weighted by atomic mass is 9.93. The Hall–Kier alpha value is -5.35. The third kappa shape index (κ3) is 5.23. The fourth-order valence-corrected chi connectivity index (χ4v) is 6.14. The minimum absolute atomic E-state index is 0.00901. The highest BCUT2D eigenvalue weighted by atomic mass is 16.2. The van der Waals surface area contributed by atoms with Crippen LogP contribution >= 0.6 is 0 Å². The van der Waals surface area contributed by atoms with E-state index in [1.54, 1.807) is 19.2 Å². The highest BCUT2D eigenvalue weighted by Gasteiger charge is 2.37. The van der Waals surface area contributed by atoms with Gasteiger partial charge in [-0.15, -0.1) is 10.2 Å². The molecule has 7 rings (SSSR count). The first-order valence-electron chi connectivity index (χ1n) is 15.0. The molecule has 2 aliphatic heterocycles. The molecule has 13 heteroatoms. The number of nitrogens with zero attached hydrogens (tertiary/aromatic N) is 8. The molecular formula is C32H33N11O2. The number of pyridine rings is 1. The molecule has 4 aromatic rings. The van der Waals surface area contributed by atoms with Crippen LogP contribution < -0.4 is 20.9 Å². The molecule has 1 aliphatic carbocycles. The summed E-state index contributed by atoms with van der Waals surface area (Å²) in [6.45, 7) is 4.54. The molecule has 1 saturated heterocycles. The van der Waals surface area contributed by atoms with Gasteiger partial charge in [0.05, 0.1) is 46.7 Å². The number of fused-ring (bicyclic) bond motifs is 3. The smallest absolute Gasteiger partial charge is 0.273 e. The molecule has 5 heterocycles. The van der Waals surface area contributed by atoms with Crippen molar-refractivity contribution in [2.45, 2.75) is 38.4 Å². The summed E-state index contributed by atoms with van der Waals surface area (Å²) in [5.74, 6) is -0.171. The number of anilines is 4. The van der Waals surface area contributed by atoms with Gasteiger partial charge in [0.15, 0.2) is 11.5 Å². The fourth-order valence-electron chi connectivity index (χ4n) is 6.14. The molecule has 3 N–H and O–H groups in total. The molecule has 1 atom stereocenters. The zero-order chi connectivity index (χ0) is 31.2. The molecule has 1 aromatic carbocycles. The first-order chi connectivity index (χ1) is 21.8. The van der Waals surface area contributed by atoms with Gasteiger partial charge in [0, 0.05) is 56.8 Å². The maximum absolute atomic E-state index is 12.7. The van der Waals surface area contributed by atoms with Gasteiger partial charge in [0.25, 0.3) is 5.91 Å². The van der Waals surface area contributed by atoms with Crippen molar-refractivity contribution in [3.05, 3.63) is 71.4 Å². The first-order valence-corrected chi connectivity index (χ1v) is 15.0. The number of aromatic nitrogens is 5. The van der Waals surface area contributed by atoms with E-state index in [1.807, 2.05) is 30.5 Å². The summed E-state index contributed by atoms with van der Waals surface area (Å²) < 4.78 is 2.15. The van der Waals surface area contributed by atoms with Crippen LogP contribution in [0.1, 0.15) is 59.4 Å². The largest absolute Gasteiger partial charge is 0.364 e. The minimum Gasteiger partial charge on any atom is -0.364 e. The summed E-state index contributed by atoms with van der Waals surface area (Å²) in [5.41, 5.74) is 6.90. The van der Waals surface area contributed by atoms with Crippen molar-refractivity contribution in [2.24, 2.45) is 5.92 Å². The number of likely N-dealkylation sites (tertiary alicyclic amines) is 1. The van der Waals surface area contributed by atoms with Gasteiger partial charge in [-0.1, -0.05) is 18.2 Å². The second-order valence-electron chi connectivity index (χ2n) is 11.8. The summed E-state index contributed by atoms with van der Waals surface area (Å²) in [5, 5.41) is 31.2. The molecule has 45 heavy (non-hydrogen) atoms. The third-order valence-electron chi connectivity index (χ3n) is 8.79. The van der Waals surface area contributed by atoms with Gasteiger partial charge >= 0.3 is 0 Å². The van der Waals surface area contributed by atoms with E-state index >= 15 is 0 Å². The minimum atomic E-state index is -0.386. The second kappa shape index (κ2) is 11.3. The summed E-state index contributed by atoms with van der Waals surface area (Å²) in [4.78, 5) is 34.1. The molecule has 0 unspecified atom stereocenters. The molecule has 228 valence electrons. The zero-order valence-corrected chi connectivity index (χ0v) is 25.3. The Labute approximate surface area is 260 Å². The van der Waals surface area contributed by atoms with Crippen molar-refractivity contribution in [3.63, 3.8) is 0 Å². The quantitative estimate of drug-likeness (QED) is 0.272. The summed E-state index contributed by atoms with van der Waals surface area (Å²) in [6, 6.07) is 15.6. The predicted molar refractivity (Wildman–Crippen MR) is 168 cm³/mol. The van der Waals surface area contributed by atoms with Gasteiger partial charge in [0.1, 0.15) is 11.8 Å². The van der Waals surface area contributed by atoms with Crippen molar-refractivity contribution >= 4 is 34.7 Å². The van der Waals surface area contributed by atoms with Crippen LogP contribution in [-0.2, 0) is 11.3 Å². The van der Waals surface area contributed by atoms with Crippen LogP contribution in [0.4, 0.5) is 22.9 Å². The lowest BCUT2D eigenvalue weighted by molar-refractivity contribution is -0.117. The Morgan fingerprint density at radius 2 is 1.87 bits per heavy atom. The topological polar surface area (TPSA) is 157 Å². The Morgan fingerprint density at radius 1 is 1.07 bits per heavy atom. The van der Waals surface area contributed by atoms with Crippen molar-refractivity contribution in [1.29, 1.82) is 5.26 Å². The van der Waals surface area contributed by atoms with Crippen LogP contribution in [0.2, 0.25) is 0 Å². The second-order valence-corrected chi connectivity index (χ2v) is 11.8. The van der Waals surface area contributed by atoms with Crippen LogP contribution in [0.25, 0.3) is 11.1 Å². The number of carbonyl (C=O) groups excluding carboxylic acids is 2. The highest BCUT2D eigenvalue weighted by Crippen LogP contribution is 2.49. The highest BCUT2D eigenvalue weighted by molar-refractivity contribution is 6.01. The van der Waals surface area contributed by atoms with E-state index in [2.05, 4.69) is 71.7 Å². The molecule has 3 aromatic heterocycles. The zero-order valence-electron chi connectivity index (χ0n) is 25.3. The number of hydrogen-bond acceptors (Lipinski definition) is 10. The SMILES string of the molecule is CNC(=O)c1nnc(NC(=O)C2CC2)cc1Nc1cccc2c1N(C)[C@@H](C)c1c-2cnn1C1CN(Cc2cccc(C#N)n2)C1. The van der Waals surface area contributed by atoms with Crippen LogP contribution in [0, 0.1) is 17.2 Å². The van der Waals surface area contributed by atoms with Gasteiger partial charge in [-0.2, -0.15) is 10.4 Å². The fraction of sp³-hybridized carbons (Fsp3) is 0.344. The molecule has 13 nitrogen and oxygen atoms in total. The van der Waals surface area contributed by atoms with E-state index in [0.717, 1.165) is 59.8 Å². The maximum Gasteiger partial charge on any atom is 0.273 e. The number of rotatable bonds is 8. The van der Waals surface area contributed by atoms with Crippen molar-refractivity contribution < 1.29 is 9.59 Å². The Balaban J connectivity index is 1.16. The van der Waals surface area contributed by atoms with E-state index in [0.29, 0.717) is 23.7 Å². The molecule has 2 amide bonds. The average Bonchev–Trinajstić information content (AvgIpc) is 3.80. The Bertz CT molecular complexity index is 1850.